The molecule has 0 fully saturated rings. The molecule has 0 saturated heterocycles. The minimum atomic E-state index is -0.249. The molecule has 0 aliphatic heterocycles. The van der Waals surface area contributed by atoms with Gasteiger partial charge in [0.05, 0.1) is 6.04 Å². The molecule has 0 radical (unpaired) electrons. The Morgan fingerprint density at radius 1 is 1.06 bits per heavy atom. The van der Waals surface area contributed by atoms with E-state index in [1.54, 1.807) is 12.1 Å². The van der Waals surface area contributed by atoms with E-state index in [9.17, 15) is 0 Å². The van der Waals surface area contributed by atoms with Crippen LogP contribution in [0.2, 0.25) is 10.0 Å². The molecule has 0 heterocycles. The van der Waals surface area contributed by atoms with E-state index in [1.807, 2.05) is 31.2 Å². The van der Waals surface area contributed by atoms with Crippen molar-refractivity contribution in [1.29, 1.82) is 0 Å². The van der Waals surface area contributed by atoms with Crippen molar-refractivity contribution in [2.45, 2.75) is 13.0 Å². The lowest BCUT2D eigenvalue weighted by Crippen LogP contribution is -2.12. The van der Waals surface area contributed by atoms with Crippen LogP contribution >= 0.6 is 23.2 Å². The monoisotopic (exact) mass is 265 g/mol. The molecule has 0 spiro atoms. The van der Waals surface area contributed by atoms with Gasteiger partial charge in [-0.1, -0.05) is 53.0 Å². The van der Waals surface area contributed by atoms with Crippen molar-refractivity contribution in [2.75, 3.05) is 0 Å². The quantitative estimate of drug-likeness (QED) is 0.859. The lowest BCUT2D eigenvalue weighted by Gasteiger charge is -2.15. The Morgan fingerprint density at radius 3 is 2.53 bits per heavy atom. The normalized spacial score (nSPS) is 12.5. The highest BCUT2D eigenvalue weighted by Gasteiger charge is 2.12. The first kappa shape index (κ1) is 12.4. The first-order valence-corrected chi connectivity index (χ1v) is 6.10. The van der Waals surface area contributed by atoms with Crippen LogP contribution in [-0.2, 0) is 0 Å². The molecule has 2 aromatic rings. The second-order valence-corrected chi connectivity index (χ2v) is 4.90. The van der Waals surface area contributed by atoms with Crippen LogP contribution in [0.15, 0.2) is 42.5 Å². The molecule has 0 aliphatic rings. The molecule has 0 aromatic heterocycles. The van der Waals surface area contributed by atoms with E-state index in [-0.39, 0.29) is 6.04 Å². The van der Waals surface area contributed by atoms with Gasteiger partial charge >= 0.3 is 0 Å². The third-order valence-corrected chi connectivity index (χ3v) is 3.27. The standard InChI is InChI=1S/C14H13Cl2N/c1-9-3-2-4-10(7-9)14(17)12-8-11(15)5-6-13(12)16/h2-8,14H,17H2,1H3. The number of hydrogen-bond donors (Lipinski definition) is 1. The van der Waals surface area contributed by atoms with Crippen molar-refractivity contribution in [3.05, 3.63) is 69.2 Å². The van der Waals surface area contributed by atoms with Gasteiger partial charge in [-0.05, 0) is 36.2 Å². The summed E-state index contributed by atoms with van der Waals surface area (Å²) in [5.41, 5.74) is 9.28. The Hall–Kier alpha value is -1.02. The number of halogens is 2. The van der Waals surface area contributed by atoms with Gasteiger partial charge in [0.25, 0.3) is 0 Å². The molecule has 1 nitrogen and oxygen atoms in total. The summed E-state index contributed by atoms with van der Waals surface area (Å²) < 4.78 is 0. The summed E-state index contributed by atoms with van der Waals surface area (Å²) in [6.45, 7) is 2.04. The number of aryl methyl sites for hydroxylation is 1. The molecule has 0 amide bonds. The Bertz CT molecular complexity index is 537. The Balaban J connectivity index is 2.43. The Kier molecular flexibility index (Phi) is 3.72. The highest BCUT2D eigenvalue weighted by Crippen LogP contribution is 2.29. The summed E-state index contributed by atoms with van der Waals surface area (Å²) >= 11 is 12.1. The van der Waals surface area contributed by atoms with Crippen molar-refractivity contribution in [3.63, 3.8) is 0 Å². The Morgan fingerprint density at radius 2 is 1.82 bits per heavy atom. The van der Waals surface area contributed by atoms with Crippen molar-refractivity contribution >= 4 is 23.2 Å². The molecule has 2 N–H and O–H groups in total. The maximum absolute atomic E-state index is 6.21. The fraction of sp³-hybridized carbons (Fsp3) is 0.143. The third kappa shape index (κ3) is 2.81. The molecule has 2 aromatic carbocycles. The van der Waals surface area contributed by atoms with Crippen LogP contribution < -0.4 is 5.73 Å². The van der Waals surface area contributed by atoms with Crippen LogP contribution in [0.3, 0.4) is 0 Å². The van der Waals surface area contributed by atoms with E-state index in [1.165, 1.54) is 5.56 Å². The van der Waals surface area contributed by atoms with Crippen LogP contribution in [0, 0.1) is 6.92 Å². The second-order valence-electron chi connectivity index (χ2n) is 4.06. The third-order valence-electron chi connectivity index (χ3n) is 2.69. The molecule has 1 unspecified atom stereocenters. The highest BCUT2D eigenvalue weighted by molar-refractivity contribution is 6.33. The predicted octanol–water partition coefficient (Wildman–Crippen LogP) is 4.35. The van der Waals surface area contributed by atoms with Gasteiger partial charge in [-0.15, -0.1) is 0 Å². The summed E-state index contributed by atoms with van der Waals surface area (Å²) in [4.78, 5) is 0. The van der Waals surface area contributed by atoms with Crippen molar-refractivity contribution in [3.8, 4) is 0 Å². The molecule has 2 rings (SSSR count). The molecule has 1 atom stereocenters. The van der Waals surface area contributed by atoms with Crippen LogP contribution in [-0.4, -0.2) is 0 Å². The van der Waals surface area contributed by atoms with Gasteiger partial charge < -0.3 is 5.73 Å². The van der Waals surface area contributed by atoms with Gasteiger partial charge in [-0.3, -0.25) is 0 Å². The van der Waals surface area contributed by atoms with Gasteiger partial charge in [0.15, 0.2) is 0 Å². The SMILES string of the molecule is Cc1cccc(C(N)c2cc(Cl)ccc2Cl)c1. The van der Waals surface area contributed by atoms with Crippen LogP contribution in [0.25, 0.3) is 0 Å². The van der Waals surface area contributed by atoms with Crippen molar-refractivity contribution < 1.29 is 0 Å². The fourth-order valence-corrected chi connectivity index (χ4v) is 2.21. The molecule has 3 heteroatoms. The Labute approximate surface area is 111 Å². The highest BCUT2D eigenvalue weighted by atomic mass is 35.5. The minimum Gasteiger partial charge on any atom is -0.320 e. The zero-order chi connectivity index (χ0) is 12.4. The van der Waals surface area contributed by atoms with Gasteiger partial charge in [0.2, 0.25) is 0 Å². The lowest BCUT2D eigenvalue weighted by molar-refractivity contribution is 0.870. The summed E-state index contributed by atoms with van der Waals surface area (Å²) in [6, 6.07) is 13.2. The summed E-state index contributed by atoms with van der Waals surface area (Å²) in [6.07, 6.45) is 0. The minimum absolute atomic E-state index is 0.249. The van der Waals surface area contributed by atoms with E-state index in [0.29, 0.717) is 10.0 Å². The molecule has 0 aliphatic carbocycles. The average molecular weight is 266 g/mol. The van der Waals surface area contributed by atoms with E-state index < -0.39 is 0 Å². The van der Waals surface area contributed by atoms with Crippen LogP contribution in [0.5, 0.6) is 0 Å². The average Bonchev–Trinajstić information content (AvgIpc) is 2.31. The largest absolute Gasteiger partial charge is 0.320 e. The van der Waals surface area contributed by atoms with Gasteiger partial charge in [0, 0.05) is 10.0 Å². The summed E-state index contributed by atoms with van der Waals surface area (Å²) in [5, 5.41) is 1.29. The van der Waals surface area contributed by atoms with Gasteiger partial charge in [-0.25, -0.2) is 0 Å². The second kappa shape index (κ2) is 5.09. The van der Waals surface area contributed by atoms with Crippen molar-refractivity contribution in [2.24, 2.45) is 5.73 Å². The smallest absolute Gasteiger partial charge is 0.0567 e. The number of rotatable bonds is 2. The first-order chi connectivity index (χ1) is 8.08. The van der Waals surface area contributed by atoms with Crippen molar-refractivity contribution in [1.82, 2.24) is 0 Å². The van der Waals surface area contributed by atoms with Crippen LogP contribution in [0.1, 0.15) is 22.7 Å². The van der Waals surface area contributed by atoms with Gasteiger partial charge in [0.1, 0.15) is 0 Å². The predicted molar refractivity (Wildman–Crippen MR) is 73.7 cm³/mol. The molecular formula is C14H13Cl2N. The zero-order valence-corrected chi connectivity index (χ0v) is 11.0. The summed E-state index contributed by atoms with van der Waals surface area (Å²) in [5.74, 6) is 0. The fourth-order valence-electron chi connectivity index (χ4n) is 1.80. The van der Waals surface area contributed by atoms with E-state index in [0.717, 1.165) is 11.1 Å². The molecule has 0 saturated carbocycles. The maximum Gasteiger partial charge on any atom is 0.0567 e. The zero-order valence-electron chi connectivity index (χ0n) is 9.45. The molecular weight excluding hydrogens is 253 g/mol. The molecule has 88 valence electrons. The number of hydrogen-bond acceptors (Lipinski definition) is 1. The van der Waals surface area contributed by atoms with E-state index in [4.69, 9.17) is 28.9 Å². The topological polar surface area (TPSA) is 26.0 Å². The van der Waals surface area contributed by atoms with E-state index in [2.05, 4.69) is 6.07 Å². The van der Waals surface area contributed by atoms with Crippen LogP contribution in [0.4, 0.5) is 0 Å². The maximum atomic E-state index is 6.21. The number of nitrogens with two attached hydrogens (primary N) is 1. The number of benzene rings is 2. The summed E-state index contributed by atoms with van der Waals surface area (Å²) in [7, 11) is 0. The molecule has 0 bridgehead atoms. The lowest BCUT2D eigenvalue weighted by atomic mass is 9.98. The van der Waals surface area contributed by atoms with E-state index >= 15 is 0 Å². The molecule has 17 heavy (non-hydrogen) atoms. The van der Waals surface area contributed by atoms with Gasteiger partial charge in [-0.2, -0.15) is 0 Å². The first-order valence-electron chi connectivity index (χ1n) is 5.35.